The van der Waals surface area contributed by atoms with Crippen LogP contribution < -0.4 is 5.32 Å². The molecule has 5 heteroatoms. The van der Waals surface area contributed by atoms with E-state index in [1.807, 2.05) is 48.9 Å². The van der Waals surface area contributed by atoms with E-state index >= 15 is 0 Å². The Morgan fingerprint density at radius 1 is 1.29 bits per heavy atom. The monoisotopic (exact) mass is 306 g/mol. The molecule has 0 aliphatic rings. The summed E-state index contributed by atoms with van der Waals surface area (Å²) in [5.74, 6) is -0.137. The number of fused-ring (bicyclic) bond motifs is 1. The first kappa shape index (κ1) is 15.6. The van der Waals surface area contributed by atoms with Crippen LogP contribution >= 0.6 is 11.6 Å². The van der Waals surface area contributed by atoms with Crippen LogP contribution in [0.15, 0.2) is 30.5 Å². The average molecular weight is 307 g/mol. The minimum atomic E-state index is -0.442. The van der Waals surface area contributed by atoms with Gasteiger partial charge in [-0.3, -0.25) is 9.59 Å². The van der Waals surface area contributed by atoms with Crippen LogP contribution in [0.2, 0.25) is 5.02 Å². The number of hydrogen-bond donors (Lipinski definition) is 1. The first-order valence-corrected chi connectivity index (χ1v) is 7.31. The summed E-state index contributed by atoms with van der Waals surface area (Å²) in [5.41, 5.74) is 0.904. The number of rotatable bonds is 5. The van der Waals surface area contributed by atoms with Crippen molar-refractivity contribution in [3.8, 4) is 0 Å². The second-order valence-electron chi connectivity index (χ2n) is 5.52. The standard InChI is InChI=1S/C16H19ClN2O2/c1-10(2)16(11(3)20)18-15(21)9-19-8-7-12-13(17)5-4-6-14(12)19/h4-8,10,16H,9H2,1-3H3,(H,18,21). The number of aromatic nitrogens is 1. The first-order chi connectivity index (χ1) is 9.90. The molecule has 112 valence electrons. The molecule has 4 nitrogen and oxygen atoms in total. The van der Waals surface area contributed by atoms with E-state index in [0.717, 1.165) is 10.9 Å². The van der Waals surface area contributed by atoms with Crippen LogP contribution in [0.3, 0.4) is 0 Å². The summed E-state index contributed by atoms with van der Waals surface area (Å²) < 4.78 is 1.83. The van der Waals surface area contributed by atoms with Gasteiger partial charge in [-0.2, -0.15) is 0 Å². The lowest BCUT2D eigenvalue weighted by molar-refractivity contribution is -0.128. The lowest BCUT2D eigenvalue weighted by Crippen LogP contribution is -2.44. The maximum absolute atomic E-state index is 12.1. The molecule has 0 aliphatic heterocycles. The third-order valence-electron chi connectivity index (χ3n) is 3.50. The molecule has 21 heavy (non-hydrogen) atoms. The first-order valence-electron chi connectivity index (χ1n) is 6.93. The molecular weight excluding hydrogens is 288 g/mol. The Labute approximate surface area is 129 Å². The molecule has 2 rings (SSSR count). The summed E-state index contributed by atoms with van der Waals surface area (Å²) >= 11 is 6.12. The second-order valence-corrected chi connectivity index (χ2v) is 5.92. The summed E-state index contributed by atoms with van der Waals surface area (Å²) in [6.07, 6.45) is 1.83. The van der Waals surface area contributed by atoms with Gasteiger partial charge in [0.1, 0.15) is 6.54 Å². The van der Waals surface area contributed by atoms with Crippen molar-refractivity contribution in [3.63, 3.8) is 0 Å². The number of benzene rings is 1. The van der Waals surface area contributed by atoms with E-state index in [9.17, 15) is 9.59 Å². The van der Waals surface area contributed by atoms with Gasteiger partial charge in [0.2, 0.25) is 5.91 Å². The molecule has 1 heterocycles. The fourth-order valence-electron chi connectivity index (χ4n) is 2.44. The van der Waals surface area contributed by atoms with Gasteiger partial charge in [0.15, 0.2) is 5.78 Å². The predicted octanol–water partition coefficient (Wildman–Crippen LogP) is 3.02. The number of Topliss-reactive ketones (excluding diaryl/α,β-unsaturated/α-hetero) is 1. The molecule has 1 unspecified atom stereocenters. The molecule has 0 spiro atoms. The van der Waals surface area contributed by atoms with Crippen molar-refractivity contribution >= 4 is 34.2 Å². The average Bonchev–Trinajstić information content (AvgIpc) is 2.80. The largest absolute Gasteiger partial charge is 0.344 e. The number of carbonyl (C=O) groups is 2. The van der Waals surface area contributed by atoms with Crippen LogP contribution in [0.25, 0.3) is 10.9 Å². The highest BCUT2D eigenvalue weighted by Gasteiger charge is 2.20. The summed E-state index contributed by atoms with van der Waals surface area (Å²) in [4.78, 5) is 23.7. The molecule has 1 amide bonds. The minimum absolute atomic E-state index is 0.0289. The molecule has 1 aromatic carbocycles. The van der Waals surface area contributed by atoms with Gasteiger partial charge in [-0.1, -0.05) is 31.5 Å². The highest BCUT2D eigenvalue weighted by Crippen LogP contribution is 2.24. The van der Waals surface area contributed by atoms with E-state index in [1.54, 1.807) is 0 Å². The zero-order valence-electron chi connectivity index (χ0n) is 12.4. The lowest BCUT2D eigenvalue weighted by Gasteiger charge is -2.19. The summed E-state index contributed by atoms with van der Waals surface area (Å²) in [7, 11) is 0. The smallest absolute Gasteiger partial charge is 0.240 e. The van der Waals surface area contributed by atoms with Gasteiger partial charge < -0.3 is 9.88 Å². The van der Waals surface area contributed by atoms with E-state index in [4.69, 9.17) is 11.6 Å². The van der Waals surface area contributed by atoms with Crippen LogP contribution in [0, 0.1) is 5.92 Å². The quantitative estimate of drug-likeness (QED) is 0.923. The van der Waals surface area contributed by atoms with Crippen LogP contribution in [0.5, 0.6) is 0 Å². The third-order valence-corrected chi connectivity index (χ3v) is 3.83. The Hall–Kier alpha value is -1.81. The van der Waals surface area contributed by atoms with E-state index in [1.165, 1.54) is 6.92 Å². The van der Waals surface area contributed by atoms with Crippen molar-refractivity contribution in [2.45, 2.75) is 33.4 Å². The molecule has 2 aromatic rings. The molecule has 1 N–H and O–H groups in total. The number of ketones is 1. The highest BCUT2D eigenvalue weighted by molar-refractivity contribution is 6.35. The zero-order chi connectivity index (χ0) is 15.6. The molecule has 0 aliphatic carbocycles. The Bertz CT molecular complexity index is 676. The Kier molecular flexibility index (Phi) is 4.68. The van der Waals surface area contributed by atoms with Gasteiger partial charge >= 0.3 is 0 Å². The molecule has 1 atom stereocenters. The fraction of sp³-hybridized carbons (Fsp3) is 0.375. The highest BCUT2D eigenvalue weighted by atomic mass is 35.5. The molecule has 0 saturated carbocycles. The lowest BCUT2D eigenvalue weighted by atomic mass is 10.0. The van der Waals surface area contributed by atoms with Crippen LogP contribution in [0.4, 0.5) is 0 Å². The van der Waals surface area contributed by atoms with Crippen molar-refractivity contribution in [1.82, 2.24) is 9.88 Å². The van der Waals surface area contributed by atoms with Crippen molar-refractivity contribution < 1.29 is 9.59 Å². The molecular formula is C16H19ClN2O2. The summed E-state index contributed by atoms with van der Waals surface area (Å²) in [6.45, 7) is 5.49. The summed E-state index contributed by atoms with van der Waals surface area (Å²) in [5, 5.41) is 4.37. The van der Waals surface area contributed by atoms with Gasteiger partial charge in [0, 0.05) is 22.1 Å². The second kappa shape index (κ2) is 6.31. The van der Waals surface area contributed by atoms with E-state index in [-0.39, 0.29) is 24.2 Å². The predicted molar refractivity (Wildman–Crippen MR) is 84.4 cm³/mol. The molecule has 0 bridgehead atoms. The van der Waals surface area contributed by atoms with Crippen molar-refractivity contribution in [1.29, 1.82) is 0 Å². The van der Waals surface area contributed by atoms with Crippen LogP contribution in [0.1, 0.15) is 20.8 Å². The maximum Gasteiger partial charge on any atom is 0.240 e. The van der Waals surface area contributed by atoms with Crippen molar-refractivity contribution in [2.75, 3.05) is 0 Å². The number of carbonyl (C=O) groups excluding carboxylic acids is 2. The van der Waals surface area contributed by atoms with Gasteiger partial charge in [-0.25, -0.2) is 0 Å². The Balaban J connectivity index is 2.15. The Morgan fingerprint density at radius 2 is 2.00 bits per heavy atom. The topological polar surface area (TPSA) is 51.1 Å². The van der Waals surface area contributed by atoms with Gasteiger partial charge in [0.25, 0.3) is 0 Å². The number of hydrogen-bond acceptors (Lipinski definition) is 2. The molecule has 0 fully saturated rings. The summed E-state index contributed by atoms with van der Waals surface area (Å²) in [6, 6.07) is 7.03. The van der Waals surface area contributed by atoms with Crippen molar-refractivity contribution in [2.24, 2.45) is 5.92 Å². The SMILES string of the molecule is CC(=O)C(NC(=O)Cn1ccc2c(Cl)cccc21)C(C)C. The van der Waals surface area contributed by atoms with Crippen LogP contribution in [-0.4, -0.2) is 22.3 Å². The normalized spacial score (nSPS) is 12.6. The number of amides is 1. The maximum atomic E-state index is 12.1. The minimum Gasteiger partial charge on any atom is -0.344 e. The number of nitrogens with zero attached hydrogens (tertiary/aromatic N) is 1. The zero-order valence-corrected chi connectivity index (χ0v) is 13.1. The molecule has 0 saturated heterocycles. The fourth-order valence-corrected chi connectivity index (χ4v) is 2.67. The van der Waals surface area contributed by atoms with E-state index in [0.29, 0.717) is 5.02 Å². The van der Waals surface area contributed by atoms with Crippen LogP contribution in [-0.2, 0) is 16.1 Å². The van der Waals surface area contributed by atoms with Crippen molar-refractivity contribution in [3.05, 3.63) is 35.5 Å². The van der Waals surface area contributed by atoms with E-state index in [2.05, 4.69) is 5.32 Å². The Morgan fingerprint density at radius 3 is 2.62 bits per heavy atom. The van der Waals surface area contributed by atoms with Gasteiger partial charge in [0.05, 0.1) is 6.04 Å². The third kappa shape index (κ3) is 3.45. The van der Waals surface area contributed by atoms with E-state index < -0.39 is 6.04 Å². The van der Waals surface area contributed by atoms with Gasteiger partial charge in [-0.15, -0.1) is 0 Å². The van der Waals surface area contributed by atoms with Gasteiger partial charge in [-0.05, 0) is 31.0 Å². The number of nitrogens with one attached hydrogen (secondary N) is 1. The molecule has 0 radical (unpaired) electrons. The number of halogens is 1. The molecule has 1 aromatic heterocycles.